The van der Waals surface area contributed by atoms with Crippen LogP contribution in [0, 0.1) is 13.8 Å². The molecule has 1 aromatic heterocycles. The molecule has 1 rings (SSSR count). The molecule has 0 aliphatic carbocycles. The monoisotopic (exact) mass is 225 g/mol. The highest BCUT2D eigenvalue weighted by Gasteiger charge is 2.04. The Balaban J connectivity index is 2.30. The van der Waals surface area contributed by atoms with Crippen molar-refractivity contribution in [2.24, 2.45) is 0 Å². The molecule has 1 atom stereocenters. The third-order valence-corrected chi connectivity index (χ3v) is 3.98. The Bertz CT molecular complexity index is 271. The van der Waals surface area contributed by atoms with E-state index in [0.29, 0.717) is 6.04 Å². The first-order valence-electron chi connectivity index (χ1n) is 5.92. The van der Waals surface area contributed by atoms with Gasteiger partial charge in [-0.1, -0.05) is 19.8 Å². The van der Waals surface area contributed by atoms with E-state index in [-0.39, 0.29) is 0 Å². The Kier molecular flexibility index (Phi) is 5.34. The molecule has 1 heterocycles. The lowest BCUT2D eigenvalue weighted by atomic mass is 10.1. The van der Waals surface area contributed by atoms with E-state index in [1.807, 2.05) is 11.3 Å². The quantitative estimate of drug-likeness (QED) is 0.770. The minimum absolute atomic E-state index is 0.646. The van der Waals surface area contributed by atoms with Gasteiger partial charge in [-0.15, -0.1) is 11.3 Å². The van der Waals surface area contributed by atoms with Gasteiger partial charge in [0.05, 0.1) is 0 Å². The van der Waals surface area contributed by atoms with E-state index in [1.165, 1.54) is 34.6 Å². The van der Waals surface area contributed by atoms with E-state index in [1.54, 1.807) is 0 Å². The van der Waals surface area contributed by atoms with Crippen molar-refractivity contribution in [2.75, 3.05) is 0 Å². The summed E-state index contributed by atoms with van der Waals surface area (Å²) in [6.45, 7) is 9.95. The van der Waals surface area contributed by atoms with Crippen molar-refractivity contribution < 1.29 is 0 Å². The van der Waals surface area contributed by atoms with Crippen molar-refractivity contribution in [3.05, 3.63) is 21.4 Å². The fourth-order valence-corrected chi connectivity index (χ4v) is 2.63. The number of aryl methyl sites for hydroxylation is 2. The molecule has 0 amide bonds. The van der Waals surface area contributed by atoms with Gasteiger partial charge in [-0.25, -0.2) is 0 Å². The maximum Gasteiger partial charge on any atom is 0.0302 e. The first-order chi connectivity index (χ1) is 7.13. The predicted octanol–water partition coefficient (Wildman–Crippen LogP) is 4.03. The maximum absolute atomic E-state index is 3.58. The van der Waals surface area contributed by atoms with E-state index >= 15 is 0 Å². The molecule has 0 bridgehead atoms. The number of rotatable bonds is 6. The van der Waals surface area contributed by atoms with Gasteiger partial charge in [0.15, 0.2) is 0 Å². The highest BCUT2D eigenvalue weighted by Crippen LogP contribution is 2.20. The molecule has 0 aromatic carbocycles. The number of nitrogens with one attached hydrogen (secondary N) is 1. The molecule has 1 aromatic rings. The van der Waals surface area contributed by atoms with Gasteiger partial charge in [0.25, 0.3) is 0 Å². The maximum atomic E-state index is 3.58. The first-order valence-corrected chi connectivity index (χ1v) is 6.74. The SMILES string of the molecule is CCCCC(C)NCc1cc(C)c(C)s1. The van der Waals surface area contributed by atoms with Gasteiger partial charge in [0, 0.05) is 22.3 Å². The van der Waals surface area contributed by atoms with Crippen molar-refractivity contribution >= 4 is 11.3 Å². The van der Waals surface area contributed by atoms with Crippen LogP contribution in [-0.2, 0) is 6.54 Å². The van der Waals surface area contributed by atoms with Crippen molar-refractivity contribution in [1.29, 1.82) is 0 Å². The lowest BCUT2D eigenvalue weighted by Crippen LogP contribution is -2.24. The zero-order valence-electron chi connectivity index (χ0n) is 10.4. The Labute approximate surface area is 97.9 Å². The van der Waals surface area contributed by atoms with Crippen LogP contribution in [0.1, 0.15) is 48.4 Å². The van der Waals surface area contributed by atoms with Gasteiger partial charge >= 0.3 is 0 Å². The molecule has 0 saturated carbocycles. The summed E-state index contributed by atoms with van der Waals surface area (Å²) in [5.41, 5.74) is 1.43. The minimum atomic E-state index is 0.646. The third kappa shape index (κ3) is 4.35. The van der Waals surface area contributed by atoms with Gasteiger partial charge in [0.2, 0.25) is 0 Å². The number of hydrogen-bond acceptors (Lipinski definition) is 2. The van der Waals surface area contributed by atoms with Gasteiger partial charge in [0.1, 0.15) is 0 Å². The molecule has 0 saturated heterocycles. The smallest absolute Gasteiger partial charge is 0.0302 e. The van der Waals surface area contributed by atoms with Crippen LogP contribution in [0.2, 0.25) is 0 Å². The first kappa shape index (κ1) is 12.7. The molecule has 15 heavy (non-hydrogen) atoms. The van der Waals surface area contributed by atoms with E-state index in [0.717, 1.165) is 6.54 Å². The van der Waals surface area contributed by atoms with E-state index in [2.05, 4.69) is 39.1 Å². The molecular weight excluding hydrogens is 202 g/mol. The van der Waals surface area contributed by atoms with Crippen LogP contribution in [0.3, 0.4) is 0 Å². The fourth-order valence-electron chi connectivity index (χ4n) is 1.62. The number of hydrogen-bond donors (Lipinski definition) is 1. The number of thiophene rings is 1. The van der Waals surface area contributed by atoms with Crippen molar-refractivity contribution in [3.63, 3.8) is 0 Å². The molecule has 0 radical (unpaired) electrons. The molecule has 0 spiro atoms. The van der Waals surface area contributed by atoms with Gasteiger partial charge < -0.3 is 5.32 Å². The highest BCUT2D eigenvalue weighted by atomic mass is 32.1. The topological polar surface area (TPSA) is 12.0 Å². The second kappa shape index (κ2) is 6.29. The molecule has 0 aliphatic rings. The zero-order chi connectivity index (χ0) is 11.3. The fraction of sp³-hybridized carbons (Fsp3) is 0.692. The lowest BCUT2D eigenvalue weighted by Gasteiger charge is -2.11. The van der Waals surface area contributed by atoms with Crippen molar-refractivity contribution in [1.82, 2.24) is 5.32 Å². The molecule has 86 valence electrons. The summed E-state index contributed by atoms with van der Waals surface area (Å²) in [6, 6.07) is 2.95. The van der Waals surface area contributed by atoms with Crippen LogP contribution >= 0.6 is 11.3 Å². The highest BCUT2D eigenvalue weighted by molar-refractivity contribution is 7.12. The third-order valence-electron chi connectivity index (χ3n) is 2.83. The molecular formula is C13H23NS. The second-order valence-electron chi connectivity index (χ2n) is 4.38. The van der Waals surface area contributed by atoms with Gasteiger partial charge in [-0.3, -0.25) is 0 Å². The van der Waals surface area contributed by atoms with Crippen molar-refractivity contribution in [3.8, 4) is 0 Å². The Morgan fingerprint density at radius 1 is 1.40 bits per heavy atom. The Hall–Kier alpha value is -0.340. The molecule has 1 nitrogen and oxygen atoms in total. The Morgan fingerprint density at radius 3 is 2.67 bits per heavy atom. The summed E-state index contributed by atoms with van der Waals surface area (Å²) in [4.78, 5) is 2.92. The van der Waals surface area contributed by atoms with Crippen LogP contribution in [0.5, 0.6) is 0 Å². The van der Waals surface area contributed by atoms with Crippen LogP contribution in [0.4, 0.5) is 0 Å². The second-order valence-corrected chi connectivity index (χ2v) is 5.72. The normalized spacial score (nSPS) is 13.1. The summed E-state index contributed by atoms with van der Waals surface area (Å²) in [7, 11) is 0. The van der Waals surface area contributed by atoms with E-state index in [9.17, 15) is 0 Å². The average Bonchev–Trinajstić information content (AvgIpc) is 2.52. The standard InChI is InChI=1S/C13H23NS/c1-5-6-7-11(3)14-9-13-8-10(2)12(4)15-13/h8,11,14H,5-7,9H2,1-4H3. The van der Waals surface area contributed by atoms with Crippen LogP contribution in [-0.4, -0.2) is 6.04 Å². The Morgan fingerprint density at radius 2 is 2.13 bits per heavy atom. The van der Waals surface area contributed by atoms with Gasteiger partial charge in [-0.2, -0.15) is 0 Å². The summed E-state index contributed by atoms with van der Waals surface area (Å²) >= 11 is 1.92. The van der Waals surface area contributed by atoms with E-state index in [4.69, 9.17) is 0 Å². The summed E-state index contributed by atoms with van der Waals surface area (Å²) < 4.78 is 0. The molecule has 1 N–H and O–H groups in total. The van der Waals surface area contributed by atoms with Crippen LogP contribution < -0.4 is 5.32 Å². The number of unbranched alkanes of at least 4 members (excludes halogenated alkanes) is 1. The molecule has 2 heteroatoms. The lowest BCUT2D eigenvalue weighted by molar-refractivity contribution is 0.497. The largest absolute Gasteiger partial charge is 0.309 e. The van der Waals surface area contributed by atoms with Gasteiger partial charge in [-0.05, 0) is 38.8 Å². The predicted molar refractivity (Wildman–Crippen MR) is 69.6 cm³/mol. The summed E-state index contributed by atoms with van der Waals surface area (Å²) in [5, 5.41) is 3.58. The molecule has 0 aliphatic heterocycles. The molecule has 0 fully saturated rings. The summed E-state index contributed by atoms with van der Waals surface area (Å²) in [5.74, 6) is 0. The molecule has 1 unspecified atom stereocenters. The zero-order valence-corrected chi connectivity index (χ0v) is 11.2. The van der Waals surface area contributed by atoms with E-state index < -0.39 is 0 Å². The summed E-state index contributed by atoms with van der Waals surface area (Å²) in [6.07, 6.45) is 3.92. The average molecular weight is 225 g/mol. The van der Waals surface area contributed by atoms with Crippen molar-refractivity contribution in [2.45, 2.75) is 59.5 Å². The van der Waals surface area contributed by atoms with Crippen LogP contribution in [0.15, 0.2) is 6.07 Å². The van der Waals surface area contributed by atoms with Crippen LogP contribution in [0.25, 0.3) is 0 Å². The minimum Gasteiger partial charge on any atom is -0.309 e.